The van der Waals surface area contributed by atoms with Gasteiger partial charge in [-0.15, -0.1) is 0 Å². The van der Waals surface area contributed by atoms with Crippen molar-refractivity contribution in [3.05, 3.63) is 24.4 Å². The summed E-state index contributed by atoms with van der Waals surface area (Å²) in [7, 11) is 1.65. The molecule has 19 heavy (non-hydrogen) atoms. The summed E-state index contributed by atoms with van der Waals surface area (Å²) < 4.78 is 10.7. The minimum absolute atomic E-state index is 0.191. The van der Waals surface area contributed by atoms with Gasteiger partial charge in [-0.2, -0.15) is 4.98 Å². The molecule has 1 aromatic rings. The zero-order valence-electron chi connectivity index (χ0n) is 11.9. The molecule has 1 aromatic heterocycles. The van der Waals surface area contributed by atoms with Gasteiger partial charge < -0.3 is 14.2 Å². The Morgan fingerprint density at radius 2 is 2.21 bits per heavy atom. The van der Waals surface area contributed by atoms with E-state index in [0.717, 1.165) is 0 Å². The third-order valence-corrected chi connectivity index (χ3v) is 2.45. The van der Waals surface area contributed by atoms with Gasteiger partial charge in [0.1, 0.15) is 6.10 Å². The van der Waals surface area contributed by atoms with Crippen molar-refractivity contribution in [3.63, 3.8) is 0 Å². The van der Waals surface area contributed by atoms with E-state index >= 15 is 0 Å². The monoisotopic (exact) mass is 267 g/mol. The molecular formula is C13H21N3O3. The van der Waals surface area contributed by atoms with Crippen molar-refractivity contribution in [1.82, 2.24) is 15.0 Å². The molecule has 0 aliphatic heterocycles. The number of hydrogen-bond donors (Lipinski definition) is 0. The number of ether oxygens (including phenoxy) is 1. The maximum Gasteiger partial charge on any atom is 0.246 e. The van der Waals surface area contributed by atoms with Gasteiger partial charge in [0, 0.05) is 13.7 Å². The van der Waals surface area contributed by atoms with Crippen LogP contribution in [-0.2, 0) is 16.1 Å². The van der Waals surface area contributed by atoms with Crippen molar-refractivity contribution >= 4 is 5.91 Å². The molecule has 0 aliphatic rings. The lowest BCUT2D eigenvalue weighted by Gasteiger charge is -2.11. The Balaban J connectivity index is 2.56. The molecule has 6 heteroatoms. The van der Waals surface area contributed by atoms with Gasteiger partial charge in [-0.05, 0) is 18.9 Å². The molecule has 106 valence electrons. The average molecular weight is 267 g/mol. The fraction of sp³-hybridized carbons (Fsp3) is 0.615. The van der Waals surface area contributed by atoms with Crippen molar-refractivity contribution in [3.8, 4) is 0 Å². The van der Waals surface area contributed by atoms with Crippen LogP contribution in [0.25, 0.3) is 0 Å². The van der Waals surface area contributed by atoms with E-state index < -0.39 is 0 Å². The molecule has 0 aliphatic carbocycles. The number of hydrogen-bond acceptors (Lipinski definition) is 5. The molecular weight excluding hydrogens is 246 g/mol. The van der Waals surface area contributed by atoms with Gasteiger partial charge in [0.25, 0.3) is 0 Å². The van der Waals surface area contributed by atoms with Crippen molar-refractivity contribution in [1.29, 1.82) is 0 Å². The van der Waals surface area contributed by atoms with E-state index in [1.54, 1.807) is 7.05 Å². The summed E-state index contributed by atoms with van der Waals surface area (Å²) in [6, 6.07) is 0. The Morgan fingerprint density at radius 3 is 2.79 bits per heavy atom. The Labute approximate surface area is 113 Å². The van der Waals surface area contributed by atoms with Gasteiger partial charge in [-0.3, -0.25) is 4.79 Å². The van der Waals surface area contributed by atoms with Crippen molar-refractivity contribution in [2.24, 2.45) is 5.92 Å². The zero-order valence-corrected chi connectivity index (χ0v) is 11.9. The molecule has 0 spiro atoms. The Kier molecular flexibility index (Phi) is 5.69. The fourth-order valence-electron chi connectivity index (χ4n) is 1.35. The topological polar surface area (TPSA) is 68.5 Å². The highest BCUT2D eigenvalue weighted by Gasteiger charge is 2.16. The zero-order chi connectivity index (χ0) is 14.4. The van der Waals surface area contributed by atoms with Crippen LogP contribution in [-0.4, -0.2) is 34.6 Å². The first-order valence-corrected chi connectivity index (χ1v) is 6.25. The molecule has 0 bridgehead atoms. The molecule has 0 aromatic carbocycles. The molecule has 1 heterocycles. The largest absolute Gasteiger partial charge is 0.370 e. The van der Waals surface area contributed by atoms with Crippen molar-refractivity contribution in [2.75, 3.05) is 13.7 Å². The van der Waals surface area contributed by atoms with E-state index in [1.807, 2.05) is 6.92 Å². The predicted octanol–water partition coefficient (Wildman–Crippen LogP) is 1.95. The first-order chi connectivity index (χ1) is 8.93. The van der Waals surface area contributed by atoms with Gasteiger partial charge in [0.05, 0.1) is 6.54 Å². The number of nitrogens with zero attached hydrogens (tertiary/aromatic N) is 3. The van der Waals surface area contributed by atoms with Crippen LogP contribution in [0.2, 0.25) is 0 Å². The highest BCUT2D eigenvalue weighted by atomic mass is 16.5. The maximum atomic E-state index is 11.3. The lowest BCUT2D eigenvalue weighted by Crippen LogP contribution is -2.24. The molecule has 1 amide bonds. The Hall–Kier alpha value is -1.69. The normalized spacial score (nSPS) is 12.5. The molecule has 0 fully saturated rings. The van der Waals surface area contributed by atoms with Crippen LogP contribution in [0.15, 0.2) is 17.2 Å². The van der Waals surface area contributed by atoms with E-state index in [9.17, 15) is 4.79 Å². The summed E-state index contributed by atoms with van der Waals surface area (Å²) in [5.41, 5.74) is 0. The van der Waals surface area contributed by atoms with Crippen LogP contribution in [0, 0.1) is 5.92 Å². The van der Waals surface area contributed by atoms with E-state index in [2.05, 4.69) is 30.6 Å². The highest BCUT2D eigenvalue weighted by Crippen LogP contribution is 2.14. The number of rotatable bonds is 7. The molecule has 0 saturated heterocycles. The Morgan fingerprint density at radius 1 is 1.53 bits per heavy atom. The van der Waals surface area contributed by atoms with Crippen LogP contribution in [0.3, 0.4) is 0 Å². The number of aromatic nitrogens is 2. The average Bonchev–Trinajstić information content (AvgIpc) is 2.83. The number of carbonyl (C=O) groups excluding carboxylic acids is 1. The standard InChI is InChI=1S/C13H21N3O3/c1-6-12(17)16(5)7-11-14-13(15-19-11)10(4)18-8-9(2)3/h6,9-10H,1,7-8H2,2-5H3. The highest BCUT2D eigenvalue weighted by molar-refractivity contribution is 5.86. The van der Waals surface area contributed by atoms with E-state index in [0.29, 0.717) is 24.2 Å². The lowest BCUT2D eigenvalue weighted by molar-refractivity contribution is -0.125. The third kappa shape index (κ3) is 4.82. The Bertz CT molecular complexity index is 429. The first kappa shape index (κ1) is 15.4. The summed E-state index contributed by atoms with van der Waals surface area (Å²) in [5.74, 6) is 1.14. The second-order valence-corrected chi connectivity index (χ2v) is 4.81. The summed E-state index contributed by atoms with van der Waals surface area (Å²) in [6.07, 6.45) is 1.02. The third-order valence-electron chi connectivity index (χ3n) is 2.45. The van der Waals surface area contributed by atoms with Gasteiger partial charge >= 0.3 is 0 Å². The molecule has 1 rings (SSSR count). The molecule has 1 atom stereocenters. The number of amides is 1. The summed E-state index contributed by atoms with van der Waals surface area (Å²) in [5, 5.41) is 3.86. The van der Waals surface area contributed by atoms with E-state index in [1.165, 1.54) is 11.0 Å². The minimum Gasteiger partial charge on any atom is -0.370 e. The summed E-state index contributed by atoms with van der Waals surface area (Å²) in [4.78, 5) is 17.0. The second kappa shape index (κ2) is 7.04. The van der Waals surface area contributed by atoms with E-state index in [-0.39, 0.29) is 18.6 Å². The molecule has 0 radical (unpaired) electrons. The number of carbonyl (C=O) groups is 1. The lowest BCUT2D eigenvalue weighted by atomic mass is 10.2. The summed E-state index contributed by atoms with van der Waals surface area (Å²) >= 11 is 0. The number of likely N-dealkylation sites (N-methyl/N-ethyl adjacent to an activating group) is 1. The predicted molar refractivity (Wildman–Crippen MR) is 70.2 cm³/mol. The van der Waals surface area contributed by atoms with Crippen LogP contribution in [0.5, 0.6) is 0 Å². The van der Waals surface area contributed by atoms with Gasteiger partial charge in [-0.25, -0.2) is 0 Å². The quantitative estimate of drug-likeness (QED) is 0.706. The fourth-order valence-corrected chi connectivity index (χ4v) is 1.35. The van der Waals surface area contributed by atoms with Crippen LogP contribution in [0.4, 0.5) is 0 Å². The van der Waals surface area contributed by atoms with Gasteiger partial charge in [0.15, 0.2) is 5.82 Å². The molecule has 0 N–H and O–H groups in total. The van der Waals surface area contributed by atoms with Crippen LogP contribution < -0.4 is 0 Å². The summed E-state index contributed by atoms with van der Waals surface area (Å²) in [6.45, 7) is 10.3. The first-order valence-electron chi connectivity index (χ1n) is 6.25. The maximum absolute atomic E-state index is 11.3. The molecule has 6 nitrogen and oxygen atoms in total. The minimum atomic E-state index is -0.222. The van der Waals surface area contributed by atoms with Crippen molar-refractivity contribution < 1.29 is 14.1 Å². The molecule has 0 saturated carbocycles. The second-order valence-electron chi connectivity index (χ2n) is 4.81. The van der Waals surface area contributed by atoms with Crippen LogP contribution >= 0.6 is 0 Å². The van der Waals surface area contributed by atoms with Crippen molar-refractivity contribution in [2.45, 2.75) is 33.4 Å². The van der Waals surface area contributed by atoms with Gasteiger partial charge in [-0.1, -0.05) is 25.6 Å². The SMILES string of the molecule is C=CC(=O)N(C)Cc1nc(C(C)OCC(C)C)no1. The van der Waals surface area contributed by atoms with E-state index in [4.69, 9.17) is 9.26 Å². The van der Waals surface area contributed by atoms with Crippen LogP contribution in [0.1, 0.15) is 38.6 Å². The smallest absolute Gasteiger partial charge is 0.246 e. The molecule has 1 unspecified atom stereocenters. The van der Waals surface area contributed by atoms with Gasteiger partial charge in [0.2, 0.25) is 11.8 Å².